The molecule has 0 bridgehead atoms. The molecule has 0 radical (unpaired) electrons. The van der Waals surface area contributed by atoms with Crippen LogP contribution in [0.2, 0.25) is 5.02 Å². The van der Waals surface area contributed by atoms with Crippen molar-refractivity contribution >= 4 is 23.3 Å². The van der Waals surface area contributed by atoms with Gasteiger partial charge in [-0.2, -0.15) is 0 Å². The monoisotopic (exact) mass is 251 g/mol. The summed E-state index contributed by atoms with van der Waals surface area (Å²) < 4.78 is 6.35. The normalized spacial score (nSPS) is 10.0. The molecule has 0 spiro atoms. The zero-order valence-electron chi connectivity index (χ0n) is 9.05. The molecule has 0 aliphatic carbocycles. The number of nitrogens with zero attached hydrogens (tertiary/aromatic N) is 2. The van der Waals surface area contributed by atoms with E-state index >= 15 is 0 Å². The summed E-state index contributed by atoms with van der Waals surface area (Å²) in [6.45, 7) is 0. The van der Waals surface area contributed by atoms with Gasteiger partial charge in [-0.15, -0.1) is 0 Å². The summed E-state index contributed by atoms with van der Waals surface area (Å²) >= 11 is 5.94. The maximum Gasteiger partial charge on any atom is 0.331 e. The molecule has 0 aliphatic rings. The molecule has 1 aromatic carbocycles. The van der Waals surface area contributed by atoms with Crippen molar-refractivity contribution < 1.29 is 9.53 Å². The van der Waals surface area contributed by atoms with Crippen LogP contribution >= 0.6 is 11.6 Å². The second-order valence-electron chi connectivity index (χ2n) is 3.25. The van der Waals surface area contributed by atoms with Gasteiger partial charge in [0.15, 0.2) is 0 Å². The largest absolute Gasteiger partial charge is 0.495 e. The molecule has 1 N–H and O–H groups in total. The maximum atomic E-state index is 11.7. The number of rotatable bonds is 2. The van der Waals surface area contributed by atoms with Crippen molar-refractivity contribution in [3.8, 4) is 5.75 Å². The van der Waals surface area contributed by atoms with Gasteiger partial charge in [0.1, 0.15) is 12.1 Å². The van der Waals surface area contributed by atoms with E-state index in [1.54, 1.807) is 24.4 Å². The van der Waals surface area contributed by atoms with Gasteiger partial charge in [0.25, 0.3) is 0 Å². The molecule has 1 heterocycles. The number of amides is 1. The second-order valence-corrected chi connectivity index (χ2v) is 3.66. The van der Waals surface area contributed by atoms with Crippen LogP contribution in [0.1, 0.15) is 0 Å². The van der Waals surface area contributed by atoms with Gasteiger partial charge in [-0.05, 0) is 18.2 Å². The molecule has 1 aromatic heterocycles. The van der Waals surface area contributed by atoms with E-state index in [1.165, 1.54) is 24.2 Å². The van der Waals surface area contributed by atoms with E-state index in [1.807, 2.05) is 0 Å². The molecule has 88 valence electrons. The van der Waals surface area contributed by atoms with Crippen LogP contribution in [0.4, 0.5) is 10.5 Å². The van der Waals surface area contributed by atoms with E-state index in [-0.39, 0.29) is 6.03 Å². The quantitative estimate of drug-likeness (QED) is 0.893. The van der Waals surface area contributed by atoms with Crippen LogP contribution in [-0.2, 0) is 0 Å². The summed E-state index contributed by atoms with van der Waals surface area (Å²) in [5.74, 6) is 0.562. The number of benzene rings is 1. The lowest BCUT2D eigenvalue weighted by Crippen LogP contribution is -2.17. The Bertz CT molecular complexity index is 526. The standard InChI is InChI=1S/C11H10ClN3O2/c1-17-10-3-2-8(6-9(10)12)14-11(16)15-5-4-13-7-15/h2-7H,1H3,(H,14,16). The van der Waals surface area contributed by atoms with Gasteiger partial charge in [0.2, 0.25) is 0 Å². The van der Waals surface area contributed by atoms with Crippen LogP contribution < -0.4 is 10.1 Å². The number of aromatic nitrogens is 2. The number of carbonyl (C=O) groups excluding carboxylic acids is 1. The van der Waals surface area contributed by atoms with Gasteiger partial charge < -0.3 is 10.1 Å². The lowest BCUT2D eigenvalue weighted by molar-refractivity contribution is 0.253. The average molecular weight is 252 g/mol. The molecule has 6 heteroatoms. The minimum absolute atomic E-state index is 0.302. The summed E-state index contributed by atoms with van der Waals surface area (Å²) in [7, 11) is 1.53. The molecular weight excluding hydrogens is 242 g/mol. The van der Waals surface area contributed by atoms with Crippen LogP contribution in [-0.4, -0.2) is 22.7 Å². The van der Waals surface area contributed by atoms with Crippen LogP contribution in [0.3, 0.4) is 0 Å². The molecule has 0 aliphatic heterocycles. The Kier molecular flexibility index (Phi) is 3.30. The highest BCUT2D eigenvalue weighted by molar-refractivity contribution is 6.32. The van der Waals surface area contributed by atoms with Crippen molar-refractivity contribution in [2.75, 3.05) is 12.4 Å². The van der Waals surface area contributed by atoms with Crippen molar-refractivity contribution in [3.63, 3.8) is 0 Å². The van der Waals surface area contributed by atoms with Gasteiger partial charge in [-0.3, -0.25) is 4.57 Å². The third-order valence-electron chi connectivity index (χ3n) is 2.14. The fraction of sp³-hybridized carbons (Fsp3) is 0.0909. The molecule has 0 saturated carbocycles. The predicted octanol–water partition coefficient (Wildman–Crippen LogP) is 2.63. The zero-order valence-corrected chi connectivity index (χ0v) is 9.81. The first kappa shape index (κ1) is 11.5. The molecule has 0 atom stereocenters. The zero-order chi connectivity index (χ0) is 12.3. The lowest BCUT2D eigenvalue weighted by Gasteiger charge is -2.07. The minimum atomic E-state index is -0.302. The number of anilines is 1. The maximum absolute atomic E-state index is 11.7. The Morgan fingerprint density at radius 1 is 1.53 bits per heavy atom. The smallest absolute Gasteiger partial charge is 0.331 e. The van der Waals surface area contributed by atoms with Gasteiger partial charge >= 0.3 is 6.03 Å². The van der Waals surface area contributed by atoms with Crippen molar-refractivity contribution in [1.82, 2.24) is 9.55 Å². The van der Waals surface area contributed by atoms with Crippen molar-refractivity contribution in [1.29, 1.82) is 0 Å². The average Bonchev–Trinajstić information content (AvgIpc) is 2.82. The van der Waals surface area contributed by atoms with Gasteiger partial charge in [0.05, 0.1) is 12.1 Å². The Labute approximate surface area is 103 Å². The molecule has 5 nitrogen and oxygen atoms in total. The summed E-state index contributed by atoms with van der Waals surface area (Å²) in [5.41, 5.74) is 0.592. The number of imidazole rings is 1. The number of hydrogen-bond acceptors (Lipinski definition) is 3. The highest BCUT2D eigenvalue weighted by Gasteiger charge is 2.06. The van der Waals surface area contributed by atoms with Crippen molar-refractivity contribution in [3.05, 3.63) is 41.9 Å². The molecule has 17 heavy (non-hydrogen) atoms. The molecule has 0 fully saturated rings. The van der Waals surface area contributed by atoms with Gasteiger partial charge in [-0.1, -0.05) is 11.6 Å². The third-order valence-corrected chi connectivity index (χ3v) is 2.44. The molecule has 1 amide bonds. The number of hydrogen-bond donors (Lipinski definition) is 1. The summed E-state index contributed by atoms with van der Waals surface area (Å²) in [5, 5.41) is 3.12. The van der Waals surface area contributed by atoms with Crippen molar-refractivity contribution in [2.24, 2.45) is 0 Å². The first-order valence-corrected chi connectivity index (χ1v) is 5.21. The molecule has 0 saturated heterocycles. The Morgan fingerprint density at radius 3 is 2.94 bits per heavy atom. The van der Waals surface area contributed by atoms with E-state index in [9.17, 15) is 4.79 Å². The van der Waals surface area contributed by atoms with E-state index in [0.29, 0.717) is 16.5 Å². The first-order valence-electron chi connectivity index (χ1n) is 4.83. The van der Waals surface area contributed by atoms with Crippen LogP contribution in [0.25, 0.3) is 0 Å². The van der Waals surface area contributed by atoms with Crippen LogP contribution in [0, 0.1) is 0 Å². The Balaban J connectivity index is 2.14. The van der Waals surface area contributed by atoms with E-state index in [4.69, 9.17) is 16.3 Å². The van der Waals surface area contributed by atoms with Crippen LogP contribution in [0.5, 0.6) is 5.75 Å². The number of carbonyl (C=O) groups is 1. The molecule has 2 aromatic rings. The van der Waals surface area contributed by atoms with E-state index < -0.39 is 0 Å². The molecule has 0 unspecified atom stereocenters. The topological polar surface area (TPSA) is 56.1 Å². The number of ether oxygens (including phenoxy) is 1. The van der Waals surface area contributed by atoms with Crippen LogP contribution in [0.15, 0.2) is 36.9 Å². The summed E-state index contributed by atoms with van der Waals surface area (Å²) in [4.78, 5) is 15.5. The second kappa shape index (κ2) is 4.88. The SMILES string of the molecule is COc1ccc(NC(=O)n2ccnc2)cc1Cl. The minimum Gasteiger partial charge on any atom is -0.495 e. The third kappa shape index (κ3) is 2.57. The summed E-state index contributed by atoms with van der Waals surface area (Å²) in [6.07, 6.45) is 4.50. The number of halogens is 1. The fourth-order valence-electron chi connectivity index (χ4n) is 1.31. The highest BCUT2D eigenvalue weighted by Crippen LogP contribution is 2.27. The first-order chi connectivity index (χ1) is 8.20. The number of nitrogens with one attached hydrogen (secondary N) is 1. The molecular formula is C11H10ClN3O2. The highest BCUT2D eigenvalue weighted by atomic mass is 35.5. The number of methoxy groups -OCH3 is 1. The van der Waals surface area contributed by atoms with Gasteiger partial charge in [-0.25, -0.2) is 9.78 Å². The Morgan fingerprint density at radius 2 is 2.35 bits per heavy atom. The summed E-state index contributed by atoms with van der Waals surface area (Å²) in [6, 6.07) is 4.71. The molecule has 2 rings (SSSR count). The van der Waals surface area contributed by atoms with Crippen molar-refractivity contribution in [2.45, 2.75) is 0 Å². The van der Waals surface area contributed by atoms with E-state index in [0.717, 1.165) is 0 Å². The fourth-order valence-corrected chi connectivity index (χ4v) is 1.57. The Hall–Kier alpha value is -2.01. The van der Waals surface area contributed by atoms with E-state index in [2.05, 4.69) is 10.3 Å². The van der Waals surface area contributed by atoms with Gasteiger partial charge in [0, 0.05) is 18.1 Å². The predicted molar refractivity (Wildman–Crippen MR) is 64.6 cm³/mol. The lowest BCUT2D eigenvalue weighted by atomic mass is 10.3.